The monoisotopic (exact) mass is 403 g/mol. The predicted molar refractivity (Wildman–Crippen MR) is 117 cm³/mol. The number of halogens is 2. The lowest BCUT2D eigenvalue weighted by atomic mass is 10.0. The Morgan fingerprint density at radius 3 is 1.86 bits per heavy atom. The van der Waals surface area contributed by atoms with Crippen LogP contribution in [0.3, 0.4) is 0 Å². The van der Waals surface area contributed by atoms with Crippen LogP contribution in [0.1, 0.15) is 0 Å². The molecule has 0 radical (unpaired) electrons. The van der Waals surface area contributed by atoms with Gasteiger partial charge in [0.2, 0.25) is 0 Å². The highest BCUT2D eigenvalue weighted by Crippen LogP contribution is 2.51. The third-order valence-electron chi connectivity index (χ3n) is 4.79. The maximum Gasteiger partial charge on any atom is 0.151 e. The summed E-state index contributed by atoms with van der Waals surface area (Å²) in [5, 5.41) is 1.06. The highest BCUT2D eigenvalue weighted by atomic mass is 35.5. The minimum Gasteiger partial charge on any atom is -0.453 e. The summed E-state index contributed by atoms with van der Waals surface area (Å²) in [4.78, 5) is 2.16. The van der Waals surface area contributed by atoms with E-state index in [1.807, 2.05) is 84.9 Å². The quantitative estimate of drug-likeness (QED) is 0.294. The van der Waals surface area contributed by atoms with Gasteiger partial charge in [-0.3, -0.25) is 0 Å². The van der Waals surface area contributed by atoms with Crippen LogP contribution in [0, 0.1) is 0 Å². The first-order valence-electron chi connectivity index (χ1n) is 8.93. The summed E-state index contributed by atoms with van der Waals surface area (Å²) >= 11 is 13.1. The Morgan fingerprint density at radius 2 is 1.21 bits per heavy atom. The zero-order valence-corrected chi connectivity index (χ0v) is 16.3. The third kappa shape index (κ3) is 2.82. The van der Waals surface area contributed by atoms with Crippen molar-refractivity contribution in [2.24, 2.45) is 0 Å². The van der Waals surface area contributed by atoms with E-state index in [1.54, 1.807) is 0 Å². The first-order chi connectivity index (χ1) is 13.7. The standard InChI is InChI=1S/C24H15Cl2NO/c25-19-15-17(14-18(24(19)26)16-8-2-1-3-9-16)27-20-10-4-6-12-22(20)28-23-13-7-5-11-21(23)27/h1-15H. The number of hydrogen-bond donors (Lipinski definition) is 0. The molecule has 1 aliphatic rings. The molecule has 0 aliphatic carbocycles. The normalized spacial score (nSPS) is 12.1. The number of nitrogens with zero attached hydrogens (tertiary/aromatic N) is 1. The maximum atomic E-state index is 6.56. The Bertz CT molecular complexity index is 1130. The molecule has 4 aromatic rings. The molecular formula is C24H15Cl2NO. The minimum absolute atomic E-state index is 0.513. The van der Waals surface area contributed by atoms with E-state index in [1.165, 1.54) is 0 Å². The van der Waals surface area contributed by atoms with Gasteiger partial charge in [0, 0.05) is 11.3 Å². The molecule has 0 atom stereocenters. The highest BCUT2D eigenvalue weighted by molar-refractivity contribution is 6.44. The first kappa shape index (κ1) is 17.2. The third-order valence-corrected chi connectivity index (χ3v) is 5.59. The van der Waals surface area contributed by atoms with Crippen molar-refractivity contribution in [3.63, 3.8) is 0 Å². The number of fused-ring (bicyclic) bond motifs is 2. The van der Waals surface area contributed by atoms with Gasteiger partial charge in [-0.25, -0.2) is 0 Å². The molecule has 28 heavy (non-hydrogen) atoms. The minimum atomic E-state index is 0.513. The topological polar surface area (TPSA) is 12.5 Å². The summed E-state index contributed by atoms with van der Waals surface area (Å²) in [7, 11) is 0. The molecule has 4 heteroatoms. The van der Waals surface area contributed by atoms with E-state index in [2.05, 4.69) is 11.0 Å². The summed E-state index contributed by atoms with van der Waals surface area (Å²) in [5.41, 5.74) is 4.76. The molecule has 2 nitrogen and oxygen atoms in total. The Labute approximate surface area is 173 Å². The van der Waals surface area contributed by atoms with Crippen LogP contribution in [0.4, 0.5) is 17.1 Å². The average molecular weight is 404 g/mol. The molecule has 0 unspecified atom stereocenters. The second kappa shape index (κ2) is 6.90. The van der Waals surface area contributed by atoms with E-state index >= 15 is 0 Å². The van der Waals surface area contributed by atoms with Crippen molar-refractivity contribution < 1.29 is 4.74 Å². The molecular weight excluding hydrogens is 389 g/mol. The van der Waals surface area contributed by atoms with Gasteiger partial charge >= 0.3 is 0 Å². The molecule has 1 heterocycles. The molecule has 0 aromatic heterocycles. The first-order valence-corrected chi connectivity index (χ1v) is 9.68. The molecule has 0 fully saturated rings. The van der Waals surface area contributed by atoms with Crippen LogP contribution in [0.25, 0.3) is 11.1 Å². The predicted octanol–water partition coefficient (Wildman–Crippen LogP) is 8.24. The van der Waals surface area contributed by atoms with Crippen LogP contribution in [-0.2, 0) is 0 Å². The second-order valence-electron chi connectivity index (χ2n) is 6.53. The van der Waals surface area contributed by atoms with E-state index < -0.39 is 0 Å². The fourth-order valence-corrected chi connectivity index (χ4v) is 3.95. The molecule has 0 saturated heterocycles. The number of para-hydroxylation sites is 4. The summed E-state index contributed by atoms with van der Waals surface area (Å²) in [6.45, 7) is 0. The Kier molecular flexibility index (Phi) is 4.23. The fourth-order valence-electron chi connectivity index (χ4n) is 3.51. The molecule has 0 N–H and O–H groups in total. The van der Waals surface area contributed by atoms with Crippen molar-refractivity contribution in [1.82, 2.24) is 0 Å². The molecule has 1 aliphatic heterocycles. The zero-order valence-electron chi connectivity index (χ0n) is 14.8. The lowest BCUT2D eigenvalue weighted by Gasteiger charge is -2.33. The fraction of sp³-hybridized carbons (Fsp3) is 0. The smallest absolute Gasteiger partial charge is 0.151 e. The van der Waals surface area contributed by atoms with E-state index in [9.17, 15) is 0 Å². The van der Waals surface area contributed by atoms with Crippen LogP contribution in [0.5, 0.6) is 11.5 Å². The van der Waals surface area contributed by atoms with Crippen LogP contribution in [-0.4, -0.2) is 0 Å². The molecule has 0 bridgehead atoms. The highest BCUT2D eigenvalue weighted by Gasteiger charge is 2.26. The van der Waals surface area contributed by atoms with Gasteiger partial charge in [-0.1, -0.05) is 77.8 Å². The van der Waals surface area contributed by atoms with Gasteiger partial charge in [0.25, 0.3) is 0 Å². The van der Waals surface area contributed by atoms with E-state index in [-0.39, 0.29) is 0 Å². The van der Waals surface area contributed by atoms with E-state index in [4.69, 9.17) is 27.9 Å². The summed E-state index contributed by atoms with van der Waals surface area (Å²) in [5.74, 6) is 1.60. The average Bonchev–Trinajstić information content (AvgIpc) is 2.74. The Hall–Kier alpha value is -2.94. The number of anilines is 3. The summed E-state index contributed by atoms with van der Waals surface area (Å²) < 4.78 is 6.10. The maximum absolute atomic E-state index is 6.56. The van der Waals surface area contributed by atoms with Crippen molar-refractivity contribution in [2.45, 2.75) is 0 Å². The van der Waals surface area contributed by atoms with Crippen molar-refractivity contribution >= 4 is 40.3 Å². The number of ether oxygens (including phenoxy) is 1. The SMILES string of the molecule is Clc1cc(N2c3ccccc3Oc3ccccc32)cc(-c2ccccc2)c1Cl. The molecule has 136 valence electrons. The number of hydrogen-bond acceptors (Lipinski definition) is 2. The van der Waals surface area contributed by atoms with Crippen LogP contribution in [0.15, 0.2) is 91.0 Å². The summed E-state index contributed by atoms with van der Waals surface area (Å²) in [6.07, 6.45) is 0. The van der Waals surface area contributed by atoms with Gasteiger partial charge in [0.1, 0.15) is 0 Å². The van der Waals surface area contributed by atoms with Gasteiger partial charge in [0.15, 0.2) is 11.5 Å². The van der Waals surface area contributed by atoms with Gasteiger partial charge < -0.3 is 9.64 Å². The van der Waals surface area contributed by atoms with Gasteiger partial charge in [-0.05, 0) is 42.0 Å². The van der Waals surface area contributed by atoms with Crippen molar-refractivity contribution in [1.29, 1.82) is 0 Å². The molecule has 0 spiro atoms. The van der Waals surface area contributed by atoms with Gasteiger partial charge in [-0.15, -0.1) is 0 Å². The second-order valence-corrected chi connectivity index (χ2v) is 7.31. The Balaban J connectivity index is 1.75. The van der Waals surface area contributed by atoms with Crippen molar-refractivity contribution in [2.75, 3.05) is 4.90 Å². The Morgan fingerprint density at radius 1 is 0.643 bits per heavy atom. The molecule has 5 rings (SSSR count). The largest absolute Gasteiger partial charge is 0.453 e. The summed E-state index contributed by atoms with van der Waals surface area (Å²) in [6, 6.07) is 29.9. The molecule has 0 amide bonds. The lowest BCUT2D eigenvalue weighted by Crippen LogP contribution is -2.15. The van der Waals surface area contributed by atoms with Gasteiger partial charge in [0.05, 0.1) is 21.4 Å². The lowest BCUT2D eigenvalue weighted by molar-refractivity contribution is 0.477. The number of rotatable bonds is 2. The van der Waals surface area contributed by atoms with Crippen molar-refractivity contribution in [3.05, 3.63) is 101 Å². The van der Waals surface area contributed by atoms with Crippen LogP contribution >= 0.6 is 23.2 Å². The molecule has 0 saturated carbocycles. The van der Waals surface area contributed by atoms with E-state index in [0.29, 0.717) is 10.0 Å². The van der Waals surface area contributed by atoms with Crippen LogP contribution in [0.2, 0.25) is 10.0 Å². The van der Waals surface area contributed by atoms with E-state index in [0.717, 1.165) is 39.7 Å². The van der Waals surface area contributed by atoms with Crippen LogP contribution < -0.4 is 9.64 Å². The van der Waals surface area contributed by atoms with Crippen molar-refractivity contribution in [3.8, 4) is 22.6 Å². The van der Waals surface area contributed by atoms with Gasteiger partial charge in [-0.2, -0.15) is 0 Å². The molecule has 4 aromatic carbocycles. The zero-order chi connectivity index (χ0) is 19.1. The number of benzene rings is 4.